The molecule has 12 aromatic rings. The van der Waals surface area contributed by atoms with Crippen molar-refractivity contribution in [3.8, 4) is 44.7 Å². The van der Waals surface area contributed by atoms with E-state index in [1.54, 1.807) is 0 Å². The maximum Gasteiger partial charge on any atom is 0.135 e. The number of fused-ring (bicyclic) bond motifs is 7. The molecule has 0 N–H and O–H groups in total. The lowest BCUT2D eigenvalue weighted by atomic mass is 9.67. The third kappa shape index (κ3) is 6.29. The lowest BCUT2D eigenvalue weighted by Gasteiger charge is -2.36. The molecule has 0 saturated heterocycles. The van der Waals surface area contributed by atoms with Gasteiger partial charge in [0.2, 0.25) is 0 Å². The van der Waals surface area contributed by atoms with E-state index >= 15 is 0 Å². The summed E-state index contributed by atoms with van der Waals surface area (Å²) in [4.78, 5) is 2.48. The van der Waals surface area contributed by atoms with Crippen LogP contribution in [-0.2, 0) is 10.8 Å². The predicted octanol–water partition coefficient (Wildman–Crippen LogP) is 18.0. The second-order valence-corrected chi connectivity index (χ2v) is 19.1. The molecule has 0 bridgehead atoms. The fourth-order valence-electron chi connectivity index (χ4n) is 12.4. The number of benzene rings is 11. The first kappa shape index (κ1) is 41.7. The number of anilines is 3. The van der Waals surface area contributed by atoms with E-state index in [1.165, 1.54) is 66.8 Å². The Labute approximate surface area is 420 Å². The monoisotopic (exact) mass is 917 g/mol. The van der Waals surface area contributed by atoms with E-state index in [1.807, 2.05) is 18.2 Å². The zero-order valence-corrected chi connectivity index (χ0v) is 39.5. The minimum absolute atomic E-state index is 0.554. The van der Waals surface area contributed by atoms with Gasteiger partial charge in [-0.3, -0.25) is 0 Å². The molecule has 1 heterocycles. The van der Waals surface area contributed by atoms with Gasteiger partial charge in [0, 0.05) is 28.0 Å². The van der Waals surface area contributed by atoms with E-state index in [0.29, 0.717) is 0 Å². The largest absolute Gasteiger partial charge is 0.456 e. The van der Waals surface area contributed by atoms with Gasteiger partial charge < -0.3 is 9.32 Å². The average molecular weight is 918 g/mol. The Hall–Kier alpha value is -9.24. The molecule has 0 fully saturated rings. The molecule has 11 aromatic carbocycles. The van der Waals surface area contributed by atoms with Gasteiger partial charge in [-0.15, -0.1) is 0 Å². The molecule has 0 atom stereocenters. The summed E-state index contributed by atoms with van der Waals surface area (Å²) in [5.74, 6) is 0.871. The number of nitrogens with zero attached hydrogens (tertiary/aromatic N) is 1. The standard InChI is InChI=1S/C70H47NO/c1-6-20-49(21-7-1)68-45-51-44-50(36-43-67(51)72-68)48-34-37-56(38-35-48)71(57-39-41-61-59-30-16-18-32-63(59)69(65(61)46-57,52-22-8-2-9-23-52)53-24-10-3-11-25-53)58-40-42-62-60-31-17-19-33-64(60)70(66(62)47-58,54-26-12-4-13-27-54)55-28-14-5-15-29-55/h1-47H. The molecule has 2 aliphatic rings. The second-order valence-electron chi connectivity index (χ2n) is 19.1. The van der Waals surface area contributed by atoms with Crippen molar-refractivity contribution in [2.75, 3.05) is 4.90 Å². The van der Waals surface area contributed by atoms with Crippen LogP contribution in [0.3, 0.4) is 0 Å². The van der Waals surface area contributed by atoms with Crippen LogP contribution in [-0.4, -0.2) is 0 Å². The van der Waals surface area contributed by atoms with Crippen molar-refractivity contribution >= 4 is 28.0 Å². The Bertz CT molecular complexity index is 3690. The van der Waals surface area contributed by atoms with Crippen molar-refractivity contribution < 1.29 is 4.42 Å². The quantitative estimate of drug-likeness (QED) is 0.143. The first-order valence-corrected chi connectivity index (χ1v) is 24.9. The fourth-order valence-corrected chi connectivity index (χ4v) is 12.4. The van der Waals surface area contributed by atoms with Crippen molar-refractivity contribution in [2.45, 2.75) is 10.8 Å². The predicted molar refractivity (Wildman–Crippen MR) is 296 cm³/mol. The van der Waals surface area contributed by atoms with Crippen molar-refractivity contribution in [1.82, 2.24) is 0 Å². The Morgan fingerprint density at radius 3 is 1.12 bits per heavy atom. The van der Waals surface area contributed by atoms with E-state index in [2.05, 4.69) is 272 Å². The molecule has 2 nitrogen and oxygen atoms in total. The Kier molecular flexibility index (Phi) is 9.69. The van der Waals surface area contributed by atoms with Gasteiger partial charge in [0.25, 0.3) is 0 Å². The highest BCUT2D eigenvalue weighted by molar-refractivity contribution is 5.93. The molecule has 0 aliphatic heterocycles. The Morgan fingerprint density at radius 2 is 0.653 bits per heavy atom. The normalized spacial score (nSPS) is 13.5. The number of furan rings is 1. The third-order valence-corrected chi connectivity index (χ3v) is 15.4. The van der Waals surface area contributed by atoms with Gasteiger partial charge in [-0.2, -0.15) is 0 Å². The van der Waals surface area contributed by atoms with Crippen molar-refractivity contribution in [2.24, 2.45) is 0 Å². The highest BCUT2D eigenvalue weighted by Crippen LogP contribution is 2.59. The summed E-state index contributed by atoms with van der Waals surface area (Å²) in [7, 11) is 0. The summed E-state index contributed by atoms with van der Waals surface area (Å²) in [6.45, 7) is 0. The second kappa shape index (κ2) is 16.7. The number of rotatable bonds is 9. The lowest BCUT2D eigenvalue weighted by molar-refractivity contribution is 0.631. The van der Waals surface area contributed by atoms with Crippen molar-refractivity contribution in [1.29, 1.82) is 0 Å². The first-order chi connectivity index (χ1) is 35.7. The molecule has 0 unspecified atom stereocenters. The van der Waals surface area contributed by atoms with Gasteiger partial charge >= 0.3 is 0 Å². The molecule has 14 rings (SSSR count). The number of hydrogen-bond donors (Lipinski definition) is 0. The molecule has 1 aromatic heterocycles. The summed E-state index contributed by atoms with van der Waals surface area (Å²) >= 11 is 0. The molecule has 0 radical (unpaired) electrons. The molecule has 0 saturated carbocycles. The van der Waals surface area contributed by atoms with Crippen LogP contribution in [0.4, 0.5) is 17.1 Å². The third-order valence-electron chi connectivity index (χ3n) is 15.4. The van der Waals surface area contributed by atoms with Crippen LogP contribution in [0.5, 0.6) is 0 Å². The first-order valence-electron chi connectivity index (χ1n) is 24.9. The van der Waals surface area contributed by atoms with Crippen LogP contribution >= 0.6 is 0 Å². The summed E-state index contributed by atoms with van der Waals surface area (Å²) < 4.78 is 6.33. The van der Waals surface area contributed by atoms with Crippen LogP contribution < -0.4 is 4.90 Å². The fraction of sp³-hybridized carbons (Fsp3) is 0.0286. The minimum Gasteiger partial charge on any atom is -0.456 e. The molecule has 72 heavy (non-hydrogen) atoms. The van der Waals surface area contributed by atoms with E-state index < -0.39 is 10.8 Å². The smallest absolute Gasteiger partial charge is 0.135 e. The van der Waals surface area contributed by atoms with Crippen LogP contribution in [0.2, 0.25) is 0 Å². The van der Waals surface area contributed by atoms with Crippen molar-refractivity contribution in [3.05, 3.63) is 330 Å². The van der Waals surface area contributed by atoms with Gasteiger partial charge in [-0.25, -0.2) is 0 Å². The van der Waals surface area contributed by atoms with Crippen molar-refractivity contribution in [3.63, 3.8) is 0 Å². The summed E-state index contributed by atoms with van der Waals surface area (Å²) in [5.41, 5.74) is 21.4. The van der Waals surface area contributed by atoms with Crippen LogP contribution in [0.1, 0.15) is 44.5 Å². The van der Waals surface area contributed by atoms with Crippen LogP contribution in [0.25, 0.3) is 55.7 Å². The highest BCUT2D eigenvalue weighted by atomic mass is 16.3. The highest BCUT2D eigenvalue weighted by Gasteiger charge is 2.48. The zero-order chi connectivity index (χ0) is 47.6. The van der Waals surface area contributed by atoms with Crippen LogP contribution in [0.15, 0.2) is 290 Å². The molecular formula is C70H47NO. The molecule has 2 heteroatoms. The Balaban J connectivity index is 0.988. The molecule has 0 spiro atoms. The molecule has 338 valence electrons. The SMILES string of the molecule is c1ccc(-c2cc3cc(-c4ccc(N(c5ccc6c(c5)C(c5ccccc5)(c5ccccc5)c5ccccc5-6)c5ccc6c(c5)C(c5ccccc5)(c5ccccc5)c5ccccc5-6)cc4)ccc3o2)cc1. The number of hydrogen-bond acceptors (Lipinski definition) is 2. The zero-order valence-electron chi connectivity index (χ0n) is 39.5. The van der Waals surface area contributed by atoms with Gasteiger partial charge in [-0.05, 0) is 132 Å². The Morgan fingerprint density at radius 1 is 0.264 bits per heavy atom. The molecular weight excluding hydrogens is 871 g/mol. The van der Waals surface area contributed by atoms with Gasteiger partial charge in [0.05, 0.1) is 10.8 Å². The van der Waals surface area contributed by atoms with Gasteiger partial charge in [0.1, 0.15) is 11.3 Å². The van der Waals surface area contributed by atoms with Gasteiger partial charge in [-0.1, -0.05) is 231 Å². The van der Waals surface area contributed by atoms with E-state index in [-0.39, 0.29) is 0 Å². The van der Waals surface area contributed by atoms with E-state index in [9.17, 15) is 0 Å². The van der Waals surface area contributed by atoms with E-state index in [4.69, 9.17) is 4.42 Å². The topological polar surface area (TPSA) is 16.4 Å². The minimum atomic E-state index is -0.554. The molecule has 2 aliphatic carbocycles. The summed E-state index contributed by atoms with van der Waals surface area (Å²) in [6, 6.07) is 105. The maximum absolute atomic E-state index is 6.33. The maximum atomic E-state index is 6.33. The van der Waals surface area contributed by atoms with Gasteiger partial charge in [0.15, 0.2) is 0 Å². The summed E-state index contributed by atoms with van der Waals surface area (Å²) in [6.07, 6.45) is 0. The van der Waals surface area contributed by atoms with Crippen LogP contribution in [0, 0.1) is 0 Å². The van der Waals surface area contributed by atoms with E-state index in [0.717, 1.165) is 50.5 Å². The lowest BCUT2D eigenvalue weighted by Crippen LogP contribution is -2.29. The molecule has 0 amide bonds. The summed E-state index contributed by atoms with van der Waals surface area (Å²) in [5, 5.41) is 1.08. The average Bonchev–Trinajstić information content (AvgIpc) is 4.12.